The van der Waals surface area contributed by atoms with Crippen molar-refractivity contribution in [3.8, 4) is 0 Å². The number of anilines is 6. The Morgan fingerprint density at radius 3 is 1.33 bits per heavy atom. The molecule has 0 saturated carbocycles. The molecule has 0 atom stereocenters. The molecule has 2 aromatic heterocycles. The second kappa shape index (κ2) is 13.4. The highest BCUT2D eigenvalue weighted by molar-refractivity contribution is 6.28. The van der Waals surface area contributed by atoms with Crippen LogP contribution in [0.25, 0.3) is 76.2 Å². The van der Waals surface area contributed by atoms with Crippen molar-refractivity contribution in [2.24, 2.45) is 0 Å². The van der Waals surface area contributed by atoms with Crippen LogP contribution < -0.4 is 9.80 Å². The lowest BCUT2D eigenvalue weighted by molar-refractivity contribution is 0.627. The monoisotopic (exact) mass is 794 g/mol. The van der Waals surface area contributed by atoms with Gasteiger partial charge in [0.1, 0.15) is 22.8 Å². The maximum absolute atomic E-state index is 14.6. The first-order valence-corrected chi connectivity index (χ1v) is 20.6. The molecule has 2 heterocycles. The van der Waals surface area contributed by atoms with Crippen LogP contribution in [0.5, 0.6) is 0 Å². The number of para-hydroxylation sites is 4. The van der Waals surface area contributed by atoms with Crippen LogP contribution in [0, 0.1) is 18.6 Å². The van der Waals surface area contributed by atoms with E-state index in [4.69, 9.17) is 8.83 Å². The maximum atomic E-state index is 14.6. The minimum absolute atomic E-state index is 0.305. The normalized spacial score (nSPS) is 12.0. The number of hydrogen-bond donors (Lipinski definition) is 0. The quantitative estimate of drug-likeness (QED) is 0.150. The number of fused-ring (bicyclic) bond motifs is 6. The molecule has 12 aromatic rings. The standard InChI is InChI=1S/C55H36F2N2O2/c1-3-33-9-5-11-41-43-13-7-15-49(55(43)61-53(33)41)59(39-26-22-37(57)23-27-39)47-31-19-35-16-28-44-46(30-18-34-17-29-45(47)51(35)50(34)44)58(38-24-20-36(56)21-25-38)48-14-6-12-42-40-10-4-8-32(2)52(40)60-54(42)48/h4-31H,3H2,1-2H3. The van der Waals surface area contributed by atoms with Crippen LogP contribution in [0.15, 0.2) is 179 Å². The van der Waals surface area contributed by atoms with E-state index in [9.17, 15) is 8.78 Å². The first kappa shape index (κ1) is 35.3. The lowest BCUT2D eigenvalue weighted by Gasteiger charge is -2.29. The number of furan rings is 2. The van der Waals surface area contributed by atoms with Crippen LogP contribution in [0.4, 0.5) is 42.9 Å². The van der Waals surface area contributed by atoms with Crippen LogP contribution in [0.1, 0.15) is 18.1 Å². The summed E-state index contributed by atoms with van der Waals surface area (Å²) in [6.07, 6.45) is 0.844. The molecular weight excluding hydrogens is 759 g/mol. The molecule has 0 spiro atoms. The molecule has 0 saturated heterocycles. The maximum Gasteiger partial charge on any atom is 0.159 e. The first-order valence-electron chi connectivity index (χ1n) is 20.6. The van der Waals surface area contributed by atoms with Gasteiger partial charge in [0.25, 0.3) is 0 Å². The highest BCUT2D eigenvalue weighted by Crippen LogP contribution is 2.50. The van der Waals surface area contributed by atoms with E-state index in [2.05, 4.69) is 145 Å². The van der Waals surface area contributed by atoms with E-state index in [0.717, 1.165) is 128 Å². The van der Waals surface area contributed by atoms with Gasteiger partial charge >= 0.3 is 0 Å². The van der Waals surface area contributed by atoms with Gasteiger partial charge in [-0.3, -0.25) is 0 Å². The van der Waals surface area contributed by atoms with Crippen LogP contribution >= 0.6 is 0 Å². The molecule has 0 amide bonds. The molecule has 0 N–H and O–H groups in total. The molecule has 10 aromatic carbocycles. The topological polar surface area (TPSA) is 32.8 Å². The van der Waals surface area contributed by atoms with Gasteiger partial charge in [0.2, 0.25) is 0 Å². The number of hydrogen-bond acceptors (Lipinski definition) is 4. The van der Waals surface area contributed by atoms with Crippen LogP contribution in [0.2, 0.25) is 0 Å². The van der Waals surface area contributed by atoms with Gasteiger partial charge in [0.15, 0.2) is 11.2 Å². The van der Waals surface area contributed by atoms with E-state index in [1.54, 1.807) is 0 Å². The third-order valence-electron chi connectivity index (χ3n) is 12.4. The highest BCUT2D eigenvalue weighted by atomic mass is 19.1. The van der Waals surface area contributed by atoms with E-state index >= 15 is 0 Å². The second-order valence-corrected chi connectivity index (χ2v) is 15.8. The Balaban J connectivity index is 1.13. The largest absolute Gasteiger partial charge is 0.454 e. The summed E-state index contributed by atoms with van der Waals surface area (Å²) in [5, 5.41) is 10.6. The third-order valence-corrected chi connectivity index (χ3v) is 12.4. The Labute approximate surface area is 349 Å². The minimum Gasteiger partial charge on any atom is -0.454 e. The lowest BCUT2D eigenvalue weighted by atomic mass is 9.91. The van der Waals surface area contributed by atoms with Gasteiger partial charge in [-0.05, 0) is 119 Å². The van der Waals surface area contributed by atoms with Gasteiger partial charge in [0, 0.05) is 43.7 Å². The number of benzene rings is 10. The Kier molecular flexibility index (Phi) is 7.75. The van der Waals surface area contributed by atoms with Crippen molar-refractivity contribution < 1.29 is 17.6 Å². The fourth-order valence-electron chi connectivity index (χ4n) is 9.60. The van der Waals surface area contributed by atoms with Crippen molar-refractivity contribution in [2.45, 2.75) is 20.3 Å². The second-order valence-electron chi connectivity index (χ2n) is 15.8. The molecule has 4 nitrogen and oxygen atoms in total. The Morgan fingerprint density at radius 1 is 0.393 bits per heavy atom. The summed E-state index contributed by atoms with van der Waals surface area (Å²) in [7, 11) is 0. The van der Waals surface area contributed by atoms with E-state index in [-0.39, 0.29) is 11.6 Å². The summed E-state index contributed by atoms with van der Waals surface area (Å²) in [5.74, 6) is -0.612. The van der Waals surface area contributed by atoms with Gasteiger partial charge in [-0.15, -0.1) is 0 Å². The number of nitrogens with zero attached hydrogens (tertiary/aromatic N) is 2. The molecule has 0 aliphatic rings. The number of halogens is 2. The molecule has 61 heavy (non-hydrogen) atoms. The molecular formula is C55H36F2N2O2. The smallest absolute Gasteiger partial charge is 0.159 e. The average Bonchev–Trinajstić information content (AvgIpc) is 3.88. The predicted octanol–water partition coefficient (Wildman–Crippen LogP) is 16.5. The van der Waals surface area contributed by atoms with E-state index in [1.807, 2.05) is 24.3 Å². The summed E-state index contributed by atoms with van der Waals surface area (Å²) >= 11 is 0. The van der Waals surface area contributed by atoms with E-state index < -0.39 is 0 Å². The Morgan fingerprint density at radius 2 is 0.820 bits per heavy atom. The van der Waals surface area contributed by atoms with Crippen LogP contribution in [-0.2, 0) is 6.42 Å². The van der Waals surface area contributed by atoms with Gasteiger partial charge < -0.3 is 18.6 Å². The lowest BCUT2D eigenvalue weighted by Crippen LogP contribution is -2.12. The molecule has 12 rings (SSSR count). The molecule has 0 aliphatic carbocycles. The Bertz CT molecular complexity index is 3680. The predicted molar refractivity (Wildman–Crippen MR) is 248 cm³/mol. The molecule has 6 heteroatoms. The summed E-state index contributed by atoms with van der Waals surface area (Å²) in [5.41, 5.74) is 10.6. The van der Waals surface area contributed by atoms with Crippen molar-refractivity contribution in [1.82, 2.24) is 0 Å². The van der Waals surface area contributed by atoms with Crippen molar-refractivity contribution in [3.05, 3.63) is 193 Å². The summed E-state index contributed by atoms with van der Waals surface area (Å²) in [6, 6.07) is 55.7. The van der Waals surface area contributed by atoms with Crippen LogP contribution in [0.3, 0.4) is 0 Å². The number of aryl methyl sites for hydroxylation is 2. The fourth-order valence-corrected chi connectivity index (χ4v) is 9.60. The molecule has 0 radical (unpaired) electrons. The van der Waals surface area contributed by atoms with Crippen LogP contribution in [-0.4, -0.2) is 0 Å². The Hall–Kier alpha value is -7.70. The molecule has 0 aliphatic heterocycles. The zero-order chi connectivity index (χ0) is 40.9. The fraction of sp³-hybridized carbons (Fsp3) is 0.0545. The third kappa shape index (κ3) is 5.28. The zero-order valence-electron chi connectivity index (χ0n) is 33.3. The molecule has 292 valence electrons. The van der Waals surface area contributed by atoms with Gasteiger partial charge in [-0.25, -0.2) is 8.78 Å². The zero-order valence-corrected chi connectivity index (χ0v) is 33.3. The number of rotatable bonds is 7. The first-order chi connectivity index (χ1) is 29.9. The SMILES string of the molecule is CCc1cccc2c1oc1c(N(c3ccc(F)cc3)c3ccc4ccc5c(N(c6ccc(F)cc6)c6cccc7c6oc6c(C)cccc67)ccc6ccc3c4c65)cccc12. The van der Waals surface area contributed by atoms with E-state index in [1.165, 1.54) is 24.3 Å². The average molecular weight is 795 g/mol. The van der Waals surface area contributed by atoms with Crippen molar-refractivity contribution in [2.75, 3.05) is 9.80 Å². The van der Waals surface area contributed by atoms with Crippen molar-refractivity contribution in [3.63, 3.8) is 0 Å². The summed E-state index contributed by atoms with van der Waals surface area (Å²) in [6.45, 7) is 4.21. The molecule has 0 bridgehead atoms. The summed E-state index contributed by atoms with van der Waals surface area (Å²) < 4.78 is 42.8. The van der Waals surface area contributed by atoms with E-state index in [0.29, 0.717) is 0 Å². The van der Waals surface area contributed by atoms with Crippen molar-refractivity contribution in [1.29, 1.82) is 0 Å². The van der Waals surface area contributed by atoms with Crippen molar-refractivity contribution >= 4 is 110 Å². The molecule has 0 fully saturated rings. The molecule has 0 unspecified atom stereocenters. The van der Waals surface area contributed by atoms with Gasteiger partial charge in [-0.2, -0.15) is 0 Å². The van der Waals surface area contributed by atoms with Gasteiger partial charge in [0.05, 0.1) is 22.7 Å². The van der Waals surface area contributed by atoms with Gasteiger partial charge in [-0.1, -0.05) is 104 Å². The minimum atomic E-state index is -0.306. The highest BCUT2D eigenvalue weighted by Gasteiger charge is 2.26. The summed E-state index contributed by atoms with van der Waals surface area (Å²) in [4.78, 5) is 4.38.